The Morgan fingerprint density at radius 2 is 0.902 bits per heavy atom. The molecular weight excluding hydrogens is 651 g/mol. The van der Waals surface area contributed by atoms with E-state index in [0.717, 1.165) is 16.7 Å². The van der Waals surface area contributed by atoms with Crippen molar-refractivity contribution in [2.75, 3.05) is 0 Å². The van der Waals surface area contributed by atoms with Gasteiger partial charge in [0, 0.05) is 22.1 Å². The summed E-state index contributed by atoms with van der Waals surface area (Å²) in [4.78, 5) is 15.5. The molecule has 7 rings (SSSR count). The molecule has 0 bridgehead atoms. The van der Waals surface area contributed by atoms with Crippen LogP contribution in [0.2, 0.25) is 39.3 Å². The molecule has 3 nitrogen and oxygen atoms in total. The molecule has 0 aliphatic heterocycles. The molecule has 51 heavy (non-hydrogen) atoms. The van der Waals surface area contributed by atoms with E-state index >= 15 is 0 Å². The summed E-state index contributed by atoms with van der Waals surface area (Å²) in [6.07, 6.45) is 0. The Kier molecular flexibility index (Phi) is 8.47. The Balaban J connectivity index is 1.40. The molecule has 0 spiro atoms. The Bertz CT molecular complexity index is 2190. The molecule has 0 saturated heterocycles. The van der Waals surface area contributed by atoms with Crippen molar-refractivity contribution in [1.29, 1.82) is 0 Å². The SMILES string of the molecule is CC(C)(C)c1cc(-c2ccc3c(c2)C(C)(C)c2ccccc2-3)cc(-c2nc(-c3ccc([Si](C)(C)C)cc3)nc(-c3ccc([Si](C)(C)C)cc3)n2)c1. The zero-order valence-corrected chi connectivity index (χ0v) is 34.2. The molecule has 1 aliphatic carbocycles. The van der Waals surface area contributed by atoms with Gasteiger partial charge in [-0.2, -0.15) is 0 Å². The van der Waals surface area contributed by atoms with Crippen LogP contribution in [0.15, 0.2) is 109 Å². The van der Waals surface area contributed by atoms with Crippen LogP contribution in [0, 0.1) is 0 Å². The van der Waals surface area contributed by atoms with E-state index in [-0.39, 0.29) is 10.8 Å². The van der Waals surface area contributed by atoms with Crippen molar-refractivity contribution in [1.82, 2.24) is 15.0 Å². The van der Waals surface area contributed by atoms with E-state index in [1.165, 1.54) is 49.3 Å². The monoisotopic (exact) mass is 701 g/mol. The minimum Gasteiger partial charge on any atom is -0.208 e. The lowest BCUT2D eigenvalue weighted by Crippen LogP contribution is -2.37. The Morgan fingerprint density at radius 3 is 1.41 bits per heavy atom. The van der Waals surface area contributed by atoms with Crippen molar-refractivity contribution in [3.8, 4) is 56.4 Å². The van der Waals surface area contributed by atoms with Crippen molar-refractivity contribution in [2.45, 2.75) is 84.7 Å². The van der Waals surface area contributed by atoms with E-state index in [2.05, 4.69) is 183 Å². The quantitative estimate of drug-likeness (QED) is 0.162. The first-order valence-electron chi connectivity index (χ1n) is 18.3. The highest BCUT2D eigenvalue weighted by atomic mass is 28.3. The fraction of sp³-hybridized carbons (Fsp3) is 0.283. The van der Waals surface area contributed by atoms with Gasteiger partial charge in [0.25, 0.3) is 0 Å². The summed E-state index contributed by atoms with van der Waals surface area (Å²) in [5.41, 5.74) is 11.9. The average molecular weight is 702 g/mol. The van der Waals surface area contributed by atoms with Crippen molar-refractivity contribution in [2.24, 2.45) is 0 Å². The summed E-state index contributed by atoms with van der Waals surface area (Å²) in [7, 11) is -2.90. The molecule has 5 heteroatoms. The largest absolute Gasteiger partial charge is 0.208 e. The third-order valence-electron chi connectivity index (χ3n) is 10.6. The number of benzene rings is 5. The zero-order chi connectivity index (χ0) is 36.5. The van der Waals surface area contributed by atoms with Crippen LogP contribution < -0.4 is 10.4 Å². The highest BCUT2D eigenvalue weighted by Crippen LogP contribution is 2.49. The standard InChI is InChI=1S/C46H51N3Si2/c1-45(2,3)35-27-33(32-20-25-39-38-14-12-13-15-40(38)46(4,5)41(39)29-32)26-34(28-35)44-48-42(30-16-21-36(22-17-30)50(6,7)8)47-43(49-44)31-18-23-37(24-19-31)51(9,10)11/h12-29H,1-11H3. The summed E-state index contributed by atoms with van der Waals surface area (Å²) >= 11 is 0. The molecule has 5 aromatic carbocycles. The number of fused-ring (bicyclic) bond motifs is 3. The fourth-order valence-corrected chi connectivity index (χ4v) is 9.58. The number of hydrogen-bond acceptors (Lipinski definition) is 3. The van der Waals surface area contributed by atoms with Crippen LogP contribution in [0.3, 0.4) is 0 Å². The normalized spacial score (nSPS) is 13.9. The first-order chi connectivity index (χ1) is 23.9. The lowest BCUT2D eigenvalue weighted by Gasteiger charge is -2.23. The smallest absolute Gasteiger partial charge is 0.164 e. The van der Waals surface area contributed by atoms with Gasteiger partial charge in [0.1, 0.15) is 0 Å². The topological polar surface area (TPSA) is 38.7 Å². The zero-order valence-electron chi connectivity index (χ0n) is 32.2. The van der Waals surface area contributed by atoms with E-state index in [9.17, 15) is 0 Å². The van der Waals surface area contributed by atoms with Crippen molar-refractivity contribution < 1.29 is 0 Å². The predicted molar refractivity (Wildman–Crippen MR) is 224 cm³/mol. The summed E-state index contributed by atoms with van der Waals surface area (Å²) in [6.45, 7) is 25.8. The second kappa shape index (κ2) is 12.3. The summed E-state index contributed by atoms with van der Waals surface area (Å²) in [6, 6.07) is 40.6. The van der Waals surface area contributed by atoms with Crippen LogP contribution in [0.4, 0.5) is 0 Å². The molecule has 0 atom stereocenters. The first-order valence-corrected chi connectivity index (χ1v) is 25.3. The lowest BCUT2D eigenvalue weighted by molar-refractivity contribution is 0.590. The number of rotatable bonds is 6. The maximum Gasteiger partial charge on any atom is 0.164 e. The minimum absolute atomic E-state index is 0.0690. The van der Waals surface area contributed by atoms with E-state index in [4.69, 9.17) is 15.0 Å². The minimum atomic E-state index is -1.45. The van der Waals surface area contributed by atoms with Gasteiger partial charge in [-0.05, 0) is 62.6 Å². The second-order valence-corrected chi connectivity index (χ2v) is 28.1. The highest BCUT2D eigenvalue weighted by Gasteiger charge is 2.35. The molecule has 0 amide bonds. The van der Waals surface area contributed by atoms with Gasteiger partial charge in [-0.3, -0.25) is 0 Å². The summed E-state index contributed by atoms with van der Waals surface area (Å²) in [5.74, 6) is 2.09. The Labute approximate surface area is 307 Å². The molecular formula is C46H51N3Si2. The van der Waals surface area contributed by atoms with Crippen LogP contribution in [-0.4, -0.2) is 31.1 Å². The number of hydrogen-bond donors (Lipinski definition) is 0. The molecule has 0 radical (unpaired) electrons. The van der Waals surface area contributed by atoms with E-state index < -0.39 is 16.1 Å². The number of aromatic nitrogens is 3. The van der Waals surface area contributed by atoms with E-state index in [0.29, 0.717) is 17.5 Å². The molecule has 0 unspecified atom stereocenters. The van der Waals surface area contributed by atoms with Crippen molar-refractivity contribution >= 4 is 26.5 Å². The molecule has 0 fully saturated rings. The first kappa shape index (κ1) is 35.0. The van der Waals surface area contributed by atoms with Crippen LogP contribution >= 0.6 is 0 Å². The van der Waals surface area contributed by atoms with Crippen molar-refractivity contribution in [3.05, 3.63) is 126 Å². The van der Waals surface area contributed by atoms with Gasteiger partial charge < -0.3 is 0 Å². The van der Waals surface area contributed by atoms with Gasteiger partial charge >= 0.3 is 0 Å². The third kappa shape index (κ3) is 6.70. The Morgan fingerprint density at radius 1 is 0.451 bits per heavy atom. The van der Waals surface area contributed by atoms with Crippen LogP contribution in [0.1, 0.15) is 51.3 Å². The van der Waals surface area contributed by atoms with Gasteiger partial charge in [-0.25, -0.2) is 15.0 Å². The van der Waals surface area contributed by atoms with Gasteiger partial charge in [0.05, 0.1) is 16.1 Å². The molecule has 0 saturated carbocycles. The molecule has 1 heterocycles. The Hall–Kier alpha value is -4.46. The third-order valence-corrected chi connectivity index (χ3v) is 14.8. The van der Waals surface area contributed by atoms with Crippen molar-refractivity contribution in [3.63, 3.8) is 0 Å². The van der Waals surface area contributed by atoms with Crippen LogP contribution in [0.25, 0.3) is 56.4 Å². The molecule has 258 valence electrons. The highest BCUT2D eigenvalue weighted by molar-refractivity contribution is 6.89. The maximum absolute atomic E-state index is 5.21. The van der Waals surface area contributed by atoms with Gasteiger partial charge in [0.15, 0.2) is 17.5 Å². The molecule has 6 aromatic rings. The molecule has 0 N–H and O–H groups in total. The fourth-order valence-electron chi connectivity index (χ4n) is 7.24. The van der Waals surface area contributed by atoms with Gasteiger partial charge in [-0.1, -0.05) is 175 Å². The second-order valence-electron chi connectivity index (χ2n) is 17.9. The van der Waals surface area contributed by atoms with Gasteiger partial charge in [0.2, 0.25) is 0 Å². The summed E-state index contributed by atoms with van der Waals surface area (Å²) in [5, 5.41) is 2.84. The average Bonchev–Trinajstić information content (AvgIpc) is 3.32. The summed E-state index contributed by atoms with van der Waals surface area (Å²) < 4.78 is 0. The maximum atomic E-state index is 5.21. The molecule has 1 aliphatic rings. The van der Waals surface area contributed by atoms with Crippen LogP contribution in [0.5, 0.6) is 0 Å². The lowest BCUT2D eigenvalue weighted by atomic mass is 9.80. The van der Waals surface area contributed by atoms with E-state index in [1.807, 2.05) is 0 Å². The van der Waals surface area contributed by atoms with Crippen LogP contribution in [-0.2, 0) is 10.8 Å². The predicted octanol–water partition coefficient (Wildman–Crippen LogP) is 11.2. The van der Waals surface area contributed by atoms with E-state index in [1.54, 1.807) is 0 Å². The number of nitrogens with zero attached hydrogens (tertiary/aromatic N) is 3. The molecule has 1 aromatic heterocycles. The van der Waals surface area contributed by atoms with Gasteiger partial charge in [-0.15, -0.1) is 0 Å².